The second-order valence-corrected chi connectivity index (χ2v) is 9.98. The normalized spacial score (nSPS) is 14.2. The highest BCUT2D eigenvalue weighted by molar-refractivity contribution is 7.89. The minimum Gasteiger partial charge on any atom is -0.493 e. The fourth-order valence-corrected chi connectivity index (χ4v) is 5.31. The Morgan fingerprint density at radius 3 is 2.36 bits per heavy atom. The van der Waals surface area contributed by atoms with E-state index in [1.54, 1.807) is 19.2 Å². The second-order valence-electron chi connectivity index (χ2n) is 8.26. The number of methoxy groups -OCH3 is 1. The van der Waals surface area contributed by atoms with Gasteiger partial charge in [-0.05, 0) is 68.0 Å². The van der Waals surface area contributed by atoms with Gasteiger partial charge in [0.25, 0.3) is 0 Å². The van der Waals surface area contributed by atoms with Crippen molar-refractivity contribution < 1.29 is 22.7 Å². The number of aryl methyl sites for hydroxylation is 1. The van der Waals surface area contributed by atoms with Crippen LogP contribution in [0.3, 0.4) is 0 Å². The van der Waals surface area contributed by atoms with Crippen LogP contribution in [-0.4, -0.2) is 40.6 Å². The van der Waals surface area contributed by atoms with E-state index in [-0.39, 0.29) is 16.8 Å². The summed E-state index contributed by atoms with van der Waals surface area (Å²) in [7, 11) is -1.88. The van der Waals surface area contributed by atoms with Gasteiger partial charge in [0.15, 0.2) is 11.5 Å². The quantitative estimate of drug-likeness (QED) is 0.490. The molecular formula is C25H34N2O5S. The SMILES string of the molecule is CCOc1ccc(CCC(=O)NCCc2ccc(S(=O)(=O)NC3CCCC3)cc2)cc1OC. The van der Waals surface area contributed by atoms with Crippen LogP contribution >= 0.6 is 0 Å². The number of hydrogen-bond donors (Lipinski definition) is 2. The van der Waals surface area contributed by atoms with Crippen molar-refractivity contribution >= 4 is 15.9 Å². The highest BCUT2D eigenvalue weighted by Gasteiger charge is 2.22. The third-order valence-electron chi connectivity index (χ3n) is 5.82. The minimum absolute atomic E-state index is 0.0252. The Kier molecular flexibility index (Phi) is 9.14. The van der Waals surface area contributed by atoms with Gasteiger partial charge in [-0.3, -0.25) is 4.79 Å². The zero-order valence-electron chi connectivity index (χ0n) is 19.4. The molecule has 0 aromatic heterocycles. The van der Waals surface area contributed by atoms with Crippen molar-refractivity contribution in [1.29, 1.82) is 0 Å². The molecule has 0 atom stereocenters. The van der Waals surface area contributed by atoms with Gasteiger partial charge < -0.3 is 14.8 Å². The third-order valence-corrected chi connectivity index (χ3v) is 7.35. The van der Waals surface area contributed by atoms with Crippen LogP contribution in [-0.2, 0) is 27.7 Å². The van der Waals surface area contributed by atoms with Gasteiger partial charge in [0, 0.05) is 19.0 Å². The van der Waals surface area contributed by atoms with Crippen LogP contribution in [0.4, 0.5) is 0 Å². The van der Waals surface area contributed by atoms with Crippen molar-refractivity contribution in [3.05, 3.63) is 53.6 Å². The number of carbonyl (C=O) groups is 1. The molecular weight excluding hydrogens is 440 g/mol. The summed E-state index contributed by atoms with van der Waals surface area (Å²) in [5, 5.41) is 2.93. The van der Waals surface area contributed by atoms with E-state index >= 15 is 0 Å². The van der Waals surface area contributed by atoms with Gasteiger partial charge in [-0.15, -0.1) is 0 Å². The summed E-state index contributed by atoms with van der Waals surface area (Å²) in [6.45, 7) is 2.98. The summed E-state index contributed by atoms with van der Waals surface area (Å²) in [6.07, 6.45) is 5.58. The van der Waals surface area contributed by atoms with Crippen LogP contribution in [0.5, 0.6) is 11.5 Å². The Hall–Kier alpha value is -2.58. The van der Waals surface area contributed by atoms with Crippen molar-refractivity contribution in [2.24, 2.45) is 0 Å². The second kappa shape index (κ2) is 12.0. The molecule has 1 saturated carbocycles. The van der Waals surface area contributed by atoms with Gasteiger partial charge in [-0.1, -0.05) is 31.0 Å². The van der Waals surface area contributed by atoms with Crippen LogP contribution in [0.2, 0.25) is 0 Å². The van der Waals surface area contributed by atoms with E-state index in [1.807, 2.05) is 37.3 Å². The molecule has 1 amide bonds. The Labute approximate surface area is 196 Å². The Morgan fingerprint density at radius 1 is 1.00 bits per heavy atom. The minimum atomic E-state index is -3.48. The number of nitrogens with one attached hydrogen (secondary N) is 2. The monoisotopic (exact) mass is 474 g/mol. The van der Waals surface area contributed by atoms with Crippen LogP contribution in [0.1, 0.15) is 50.2 Å². The van der Waals surface area contributed by atoms with Crippen LogP contribution < -0.4 is 19.5 Å². The molecule has 8 heteroatoms. The number of amides is 1. The summed E-state index contributed by atoms with van der Waals surface area (Å²) in [5.74, 6) is 1.34. The first kappa shape index (κ1) is 25.1. The zero-order valence-corrected chi connectivity index (χ0v) is 20.2. The maximum Gasteiger partial charge on any atom is 0.240 e. The lowest BCUT2D eigenvalue weighted by Crippen LogP contribution is -2.32. The molecule has 0 bridgehead atoms. The molecule has 0 saturated heterocycles. The molecule has 0 unspecified atom stereocenters. The number of ether oxygens (including phenoxy) is 2. The van der Waals surface area contributed by atoms with E-state index in [9.17, 15) is 13.2 Å². The average Bonchev–Trinajstić information content (AvgIpc) is 3.31. The number of hydrogen-bond acceptors (Lipinski definition) is 5. The standard InChI is InChI=1S/C25H34N2O5S/c1-3-32-23-14-10-20(18-24(23)31-2)11-15-25(28)26-17-16-19-8-12-22(13-9-19)33(29,30)27-21-6-4-5-7-21/h8-10,12-14,18,21,27H,3-7,11,15-17H2,1-2H3,(H,26,28). The first-order chi connectivity index (χ1) is 15.9. The number of benzene rings is 2. The maximum absolute atomic E-state index is 12.5. The van der Waals surface area contributed by atoms with Gasteiger partial charge >= 0.3 is 0 Å². The summed E-state index contributed by atoms with van der Waals surface area (Å²) in [6, 6.07) is 12.6. The molecule has 1 aliphatic carbocycles. The molecule has 2 N–H and O–H groups in total. The van der Waals surface area contributed by atoms with Gasteiger partial charge in [-0.25, -0.2) is 13.1 Å². The lowest BCUT2D eigenvalue weighted by atomic mass is 10.1. The topological polar surface area (TPSA) is 93.7 Å². The molecule has 2 aromatic carbocycles. The molecule has 1 aliphatic rings. The fraction of sp³-hybridized carbons (Fsp3) is 0.480. The van der Waals surface area contributed by atoms with E-state index in [1.165, 1.54) is 0 Å². The van der Waals surface area contributed by atoms with Crippen molar-refractivity contribution in [3.63, 3.8) is 0 Å². The van der Waals surface area contributed by atoms with Crippen molar-refractivity contribution in [1.82, 2.24) is 10.0 Å². The molecule has 3 rings (SSSR count). The lowest BCUT2D eigenvalue weighted by molar-refractivity contribution is -0.121. The number of carbonyl (C=O) groups excluding carboxylic acids is 1. The Balaban J connectivity index is 1.42. The molecule has 0 heterocycles. The molecule has 0 aliphatic heterocycles. The van der Waals surface area contributed by atoms with E-state index in [4.69, 9.17) is 9.47 Å². The highest BCUT2D eigenvalue weighted by atomic mass is 32.2. The third kappa shape index (κ3) is 7.47. The molecule has 2 aromatic rings. The first-order valence-electron chi connectivity index (χ1n) is 11.6. The number of sulfonamides is 1. The van der Waals surface area contributed by atoms with E-state index in [0.717, 1.165) is 36.8 Å². The van der Waals surface area contributed by atoms with Crippen LogP contribution in [0, 0.1) is 0 Å². The summed E-state index contributed by atoms with van der Waals surface area (Å²) in [4.78, 5) is 12.5. The fourth-order valence-electron chi connectivity index (χ4n) is 4.00. The Morgan fingerprint density at radius 2 is 1.70 bits per heavy atom. The zero-order chi connectivity index (χ0) is 23.7. The average molecular weight is 475 g/mol. The highest BCUT2D eigenvalue weighted by Crippen LogP contribution is 2.28. The van der Waals surface area contributed by atoms with E-state index < -0.39 is 10.0 Å². The first-order valence-corrected chi connectivity index (χ1v) is 13.1. The van der Waals surface area contributed by atoms with Gasteiger partial charge in [0.1, 0.15) is 0 Å². The smallest absolute Gasteiger partial charge is 0.240 e. The molecule has 7 nitrogen and oxygen atoms in total. The largest absolute Gasteiger partial charge is 0.493 e. The van der Waals surface area contributed by atoms with E-state index in [2.05, 4.69) is 10.0 Å². The van der Waals surface area contributed by atoms with Gasteiger partial charge in [0.2, 0.25) is 15.9 Å². The van der Waals surface area contributed by atoms with Crippen molar-refractivity contribution in [2.75, 3.05) is 20.3 Å². The van der Waals surface area contributed by atoms with Gasteiger partial charge in [-0.2, -0.15) is 0 Å². The summed E-state index contributed by atoms with van der Waals surface area (Å²) >= 11 is 0. The molecule has 180 valence electrons. The Bertz CT molecular complexity index is 1020. The van der Waals surface area contributed by atoms with Gasteiger partial charge in [0.05, 0.1) is 18.6 Å². The van der Waals surface area contributed by atoms with Crippen molar-refractivity contribution in [2.45, 2.75) is 62.8 Å². The molecule has 0 radical (unpaired) electrons. The molecule has 1 fully saturated rings. The van der Waals surface area contributed by atoms with Crippen molar-refractivity contribution in [3.8, 4) is 11.5 Å². The number of rotatable bonds is 12. The molecule has 33 heavy (non-hydrogen) atoms. The van der Waals surface area contributed by atoms with Crippen LogP contribution in [0.15, 0.2) is 47.4 Å². The predicted molar refractivity (Wildman–Crippen MR) is 128 cm³/mol. The van der Waals surface area contributed by atoms with E-state index in [0.29, 0.717) is 43.9 Å². The summed E-state index contributed by atoms with van der Waals surface area (Å²) in [5.41, 5.74) is 1.99. The lowest BCUT2D eigenvalue weighted by Gasteiger charge is -2.13. The predicted octanol–water partition coefficient (Wildman–Crippen LogP) is 3.61. The molecule has 0 spiro atoms. The maximum atomic E-state index is 12.5. The van der Waals surface area contributed by atoms with Crippen LogP contribution in [0.25, 0.3) is 0 Å². The summed E-state index contributed by atoms with van der Waals surface area (Å²) < 4.78 is 38.7.